The van der Waals surface area contributed by atoms with Gasteiger partial charge in [0.25, 0.3) is 0 Å². The van der Waals surface area contributed by atoms with E-state index >= 15 is 0 Å². The minimum Gasteiger partial charge on any atom is -0.438 e. The first kappa shape index (κ1) is 11.8. The molecule has 126 valence electrons. The Balaban J connectivity index is 1.83. The fourth-order valence-electron chi connectivity index (χ4n) is 3.28. The van der Waals surface area contributed by atoms with Crippen LogP contribution in [0.2, 0.25) is 0 Å². The van der Waals surface area contributed by atoms with Crippen LogP contribution in [-0.4, -0.2) is 9.97 Å². The maximum atomic E-state index is 8.71. The zero-order chi connectivity index (χ0) is 20.8. The zero-order valence-corrected chi connectivity index (χ0v) is 14.3. The first-order valence-corrected chi connectivity index (χ1v) is 8.56. The fourth-order valence-corrected chi connectivity index (χ4v) is 3.28. The van der Waals surface area contributed by atoms with Crippen LogP contribution < -0.4 is 0 Å². The van der Waals surface area contributed by atoms with Crippen molar-refractivity contribution >= 4 is 22.1 Å². The molecule has 0 bridgehead atoms. The Morgan fingerprint density at radius 2 is 1.96 bits per heavy atom. The van der Waals surface area contributed by atoms with Gasteiger partial charge in [-0.05, 0) is 73.6 Å². The van der Waals surface area contributed by atoms with Gasteiger partial charge in [-0.1, -0.05) is 13.8 Å². The van der Waals surface area contributed by atoms with Crippen molar-refractivity contribution in [2.24, 2.45) is 0 Å². The molecule has 3 heteroatoms. The van der Waals surface area contributed by atoms with E-state index < -0.39 is 12.7 Å². The van der Waals surface area contributed by atoms with E-state index in [0.717, 1.165) is 40.4 Å². The lowest BCUT2D eigenvalue weighted by Gasteiger charge is -2.13. The van der Waals surface area contributed by atoms with Crippen LogP contribution in [0.4, 0.5) is 0 Å². The van der Waals surface area contributed by atoms with Crippen LogP contribution >= 0.6 is 0 Å². The smallest absolute Gasteiger partial charge is 0.227 e. The molecule has 3 nitrogen and oxygen atoms in total. The number of benzene rings is 1. The van der Waals surface area contributed by atoms with Crippen LogP contribution in [0.5, 0.6) is 0 Å². The topological polar surface area (TPSA) is 38.9 Å². The average molecular weight is 334 g/mol. The van der Waals surface area contributed by atoms with E-state index in [4.69, 9.17) is 9.90 Å². The van der Waals surface area contributed by atoms with E-state index in [2.05, 4.69) is 9.97 Å². The molecular weight excluding hydrogens is 308 g/mol. The summed E-state index contributed by atoms with van der Waals surface area (Å²) in [6.07, 6.45) is 3.22. The van der Waals surface area contributed by atoms with Crippen molar-refractivity contribution in [1.29, 1.82) is 0 Å². The number of hydrogen-bond acceptors (Lipinski definition) is 3. The van der Waals surface area contributed by atoms with Crippen molar-refractivity contribution in [3.8, 4) is 11.3 Å². The highest BCUT2D eigenvalue weighted by molar-refractivity contribution is 6.04. The largest absolute Gasteiger partial charge is 0.438 e. The Labute approximate surface area is 153 Å². The monoisotopic (exact) mass is 334 g/mol. The second-order valence-corrected chi connectivity index (χ2v) is 6.10. The standard InChI is InChI=1S/C22H22N2O/c1-4-15(5-2)16-10-11-23-20(13-16)17-7-9-21-19(12-17)18-8-6-14(3)24-22(18)25-21/h6-13,15H,4-5H2,1-3H3/i3D3,15D. The predicted octanol–water partition coefficient (Wildman–Crippen LogP) is 6.26. The summed E-state index contributed by atoms with van der Waals surface area (Å²) in [4.78, 5) is 8.69. The van der Waals surface area contributed by atoms with Gasteiger partial charge < -0.3 is 4.42 Å². The molecule has 0 fully saturated rings. The molecule has 25 heavy (non-hydrogen) atoms. The summed E-state index contributed by atoms with van der Waals surface area (Å²) in [5, 5.41) is 1.63. The quantitative estimate of drug-likeness (QED) is 0.442. The molecule has 0 N–H and O–H groups in total. The minimum atomic E-state index is -2.27. The summed E-state index contributed by atoms with van der Waals surface area (Å²) in [5.41, 5.74) is 3.64. The third-order valence-electron chi connectivity index (χ3n) is 4.65. The van der Waals surface area contributed by atoms with Gasteiger partial charge >= 0.3 is 0 Å². The van der Waals surface area contributed by atoms with E-state index in [-0.39, 0.29) is 5.69 Å². The highest BCUT2D eigenvalue weighted by atomic mass is 16.3. The molecule has 0 amide bonds. The molecule has 0 aliphatic rings. The molecule has 0 aliphatic carbocycles. The molecule has 0 aliphatic heterocycles. The van der Waals surface area contributed by atoms with Gasteiger partial charge in [0.15, 0.2) is 0 Å². The number of fused-ring (bicyclic) bond motifs is 3. The first-order valence-electron chi connectivity index (χ1n) is 10.6. The molecule has 0 saturated carbocycles. The Kier molecular flexibility index (Phi) is 2.98. The van der Waals surface area contributed by atoms with Crippen LogP contribution in [0.3, 0.4) is 0 Å². The maximum absolute atomic E-state index is 8.71. The molecule has 3 heterocycles. The zero-order valence-electron chi connectivity index (χ0n) is 18.3. The number of furan rings is 1. The Morgan fingerprint density at radius 1 is 1.08 bits per heavy atom. The summed E-state index contributed by atoms with van der Waals surface area (Å²) >= 11 is 0. The maximum Gasteiger partial charge on any atom is 0.227 e. The van der Waals surface area contributed by atoms with Gasteiger partial charge in [0.2, 0.25) is 5.71 Å². The molecule has 0 radical (unpaired) electrons. The van der Waals surface area contributed by atoms with Crippen molar-refractivity contribution in [2.45, 2.75) is 39.4 Å². The van der Waals surface area contributed by atoms with Crippen molar-refractivity contribution < 1.29 is 9.90 Å². The summed E-state index contributed by atoms with van der Waals surface area (Å²) in [5.74, 6) is -0.625. The summed E-state index contributed by atoms with van der Waals surface area (Å²) < 4.78 is 37.1. The number of rotatable bonds is 4. The number of aryl methyl sites for hydroxylation is 1. The number of hydrogen-bond donors (Lipinski definition) is 0. The molecule has 4 aromatic rings. The van der Waals surface area contributed by atoms with Crippen molar-refractivity contribution in [3.05, 3.63) is 59.9 Å². The molecule has 4 rings (SSSR count). The number of nitrogens with zero attached hydrogens (tertiary/aromatic N) is 2. The highest BCUT2D eigenvalue weighted by Gasteiger charge is 2.12. The average Bonchev–Trinajstić information content (AvgIpc) is 3.09. The van der Waals surface area contributed by atoms with Crippen LogP contribution in [0.25, 0.3) is 33.3 Å². The Hall–Kier alpha value is -2.68. The lowest BCUT2D eigenvalue weighted by Crippen LogP contribution is -1.96. The van der Waals surface area contributed by atoms with Crippen LogP contribution in [0, 0.1) is 6.85 Å². The Bertz CT molecular complexity index is 1190. The number of aromatic nitrogens is 2. The van der Waals surface area contributed by atoms with E-state index in [1.54, 1.807) is 12.3 Å². The van der Waals surface area contributed by atoms with Crippen LogP contribution in [0.1, 0.15) is 49.3 Å². The van der Waals surface area contributed by atoms with Gasteiger partial charge in [-0.2, -0.15) is 0 Å². The molecular formula is C22H22N2O. The van der Waals surface area contributed by atoms with E-state index in [1.807, 2.05) is 44.2 Å². The van der Waals surface area contributed by atoms with Crippen LogP contribution in [0.15, 0.2) is 53.1 Å². The highest BCUT2D eigenvalue weighted by Crippen LogP contribution is 2.32. The number of pyridine rings is 2. The summed E-state index contributed by atoms with van der Waals surface area (Å²) in [6.45, 7) is 1.78. The van der Waals surface area contributed by atoms with E-state index in [0.29, 0.717) is 11.3 Å². The second kappa shape index (κ2) is 6.32. The second-order valence-electron chi connectivity index (χ2n) is 6.10. The summed E-state index contributed by atoms with van der Waals surface area (Å²) in [6, 6.07) is 12.9. The van der Waals surface area contributed by atoms with E-state index in [9.17, 15) is 0 Å². The van der Waals surface area contributed by atoms with Gasteiger partial charge in [-0.15, -0.1) is 0 Å². The molecule has 0 spiro atoms. The normalized spacial score (nSPS) is 15.0. The molecule has 3 aromatic heterocycles. The molecule has 0 unspecified atom stereocenters. The molecule has 0 saturated heterocycles. The molecule has 0 atom stereocenters. The van der Waals surface area contributed by atoms with Crippen molar-refractivity contribution in [3.63, 3.8) is 0 Å². The minimum absolute atomic E-state index is 0.0181. The van der Waals surface area contributed by atoms with Gasteiger partial charge in [0.1, 0.15) is 5.58 Å². The SMILES string of the molecule is [2H]C([2H])([2H])c1ccc2c(n1)oc1ccc(-c3cc(C([2H])(CC)CC)ccn3)cc12. The predicted molar refractivity (Wildman–Crippen MR) is 103 cm³/mol. The van der Waals surface area contributed by atoms with Gasteiger partial charge in [0, 0.05) is 33.7 Å². The van der Waals surface area contributed by atoms with Gasteiger partial charge in [0.05, 0.1) is 5.69 Å². The lowest BCUT2D eigenvalue weighted by atomic mass is 9.93. The molecule has 1 aromatic carbocycles. The van der Waals surface area contributed by atoms with Gasteiger partial charge in [-0.25, -0.2) is 4.98 Å². The Morgan fingerprint density at radius 3 is 2.76 bits per heavy atom. The van der Waals surface area contributed by atoms with Crippen molar-refractivity contribution in [1.82, 2.24) is 9.97 Å². The summed E-state index contributed by atoms with van der Waals surface area (Å²) in [7, 11) is 0. The third kappa shape index (κ3) is 2.80. The van der Waals surface area contributed by atoms with Crippen molar-refractivity contribution in [2.75, 3.05) is 0 Å². The third-order valence-corrected chi connectivity index (χ3v) is 4.65. The first-order chi connectivity index (χ1) is 13.7. The lowest BCUT2D eigenvalue weighted by molar-refractivity contribution is 0.641. The van der Waals surface area contributed by atoms with Crippen LogP contribution in [-0.2, 0) is 0 Å². The van der Waals surface area contributed by atoms with E-state index in [1.165, 1.54) is 6.07 Å². The fraction of sp³-hybridized carbons (Fsp3) is 0.273. The van der Waals surface area contributed by atoms with Gasteiger partial charge in [-0.3, -0.25) is 4.98 Å².